The van der Waals surface area contributed by atoms with Gasteiger partial charge in [-0.15, -0.1) is 11.6 Å². The van der Waals surface area contributed by atoms with E-state index in [1.54, 1.807) is 0 Å². The minimum atomic E-state index is -0.0514. The molecule has 19 heavy (non-hydrogen) atoms. The number of aryl methyl sites for hydroxylation is 1. The van der Waals surface area contributed by atoms with Crippen LogP contribution in [0.4, 0.5) is 0 Å². The van der Waals surface area contributed by atoms with Crippen LogP contribution in [0, 0.1) is 6.92 Å². The summed E-state index contributed by atoms with van der Waals surface area (Å²) in [5.41, 5.74) is 3.55. The molecule has 1 fully saturated rings. The average molecular weight is 295 g/mol. The summed E-state index contributed by atoms with van der Waals surface area (Å²) in [5, 5.41) is -0.0514. The van der Waals surface area contributed by atoms with E-state index >= 15 is 0 Å². The minimum Gasteiger partial charge on any atom is -0.325 e. The van der Waals surface area contributed by atoms with Gasteiger partial charge in [0.05, 0.1) is 16.4 Å². The Morgan fingerprint density at radius 1 is 1.47 bits per heavy atom. The van der Waals surface area contributed by atoms with Gasteiger partial charge in [0.2, 0.25) is 0 Å². The summed E-state index contributed by atoms with van der Waals surface area (Å²) in [6.45, 7) is 5.15. The molecule has 1 aliphatic carbocycles. The lowest BCUT2D eigenvalue weighted by Crippen LogP contribution is -2.16. The van der Waals surface area contributed by atoms with Crippen molar-refractivity contribution in [3.8, 4) is 0 Å². The Labute approximate surface area is 123 Å². The van der Waals surface area contributed by atoms with Gasteiger partial charge in [0.15, 0.2) is 0 Å². The smallest absolute Gasteiger partial charge is 0.127 e. The number of thioether (sulfide) groups is 1. The van der Waals surface area contributed by atoms with E-state index in [1.165, 1.54) is 23.9 Å². The second-order valence-corrected chi connectivity index (χ2v) is 7.43. The molecular formula is C15H19ClN2S. The number of benzene rings is 1. The number of fused-ring (bicyclic) bond motifs is 1. The first kappa shape index (κ1) is 13.3. The predicted octanol–water partition coefficient (Wildman–Crippen LogP) is 4.54. The van der Waals surface area contributed by atoms with Gasteiger partial charge in [-0.1, -0.05) is 12.1 Å². The van der Waals surface area contributed by atoms with Crippen molar-refractivity contribution < 1.29 is 0 Å². The zero-order valence-electron chi connectivity index (χ0n) is 11.6. The second-order valence-electron chi connectivity index (χ2n) is 5.50. The fourth-order valence-electron chi connectivity index (χ4n) is 2.63. The molecule has 0 saturated heterocycles. The second kappa shape index (κ2) is 4.71. The van der Waals surface area contributed by atoms with Gasteiger partial charge in [0.25, 0.3) is 0 Å². The number of nitrogens with zero attached hydrogens (tertiary/aromatic N) is 2. The number of aromatic nitrogens is 2. The summed E-state index contributed by atoms with van der Waals surface area (Å²) in [6.07, 6.45) is 4.81. The van der Waals surface area contributed by atoms with Crippen LogP contribution in [0.5, 0.6) is 0 Å². The number of alkyl halides is 1. The molecule has 1 atom stereocenters. The van der Waals surface area contributed by atoms with Crippen LogP contribution in [-0.2, 0) is 6.54 Å². The number of hydrogen-bond acceptors (Lipinski definition) is 2. The molecule has 102 valence electrons. The van der Waals surface area contributed by atoms with E-state index in [0.717, 1.165) is 17.9 Å². The van der Waals surface area contributed by atoms with E-state index in [2.05, 4.69) is 35.9 Å². The predicted molar refractivity (Wildman–Crippen MR) is 84.2 cm³/mol. The lowest BCUT2D eigenvalue weighted by Gasteiger charge is -2.17. The van der Waals surface area contributed by atoms with Crippen LogP contribution >= 0.6 is 23.4 Å². The van der Waals surface area contributed by atoms with E-state index in [4.69, 9.17) is 16.6 Å². The van der Waals surface area contributed by atoms with Crippen molar-refractivity contribution in [2.75, 3.05) is 6.26 Å². The molecule has 1 unspecified atom stereocenters. The van der Waals surface area contributed by atoms with E-state index in [1.807, 2.05) is 18.7 Å². The zero-order valence-corrected chi connectivity index (χ0v) is 13.2. The Morgan fingerprint density at radius 3 is 2.79 bits per heavy atom. The maximum Gasteiger partial charge on any atom is 0.127 e. The Kier molecular flexibility index (Phi) is 3.30. The first-order valence-corrected chi connectivity index (χ1v) is 8.37. The molecule has 0 amide bonds. The first-order valence-electron chi connectivity index (χ1n) is 6.71. The maximum atomic E-state index is 6.33. The standard InChI is InChI=1S/C15H19ClN2S/c1-10-5-4-6-12-13(10)17-14(11(2)16)18(12)9-15(19-3)7-8-15/h4-6,11H,7-9H2,1-3H3. The molecule has 0 N–H and O–H groups in total. The third kappa shape index (κ3) is 2.27. The third-order valence-electron chi connectivity index (χ3n) is 4.05. The van der Waals surface area contributed by atoms with Gasteiger partial charge in [-0.25, -0.2) is 4.98 Å². The first-order chi connectivity index (χ1) is 9.06. The van der Waals surface area contributed by atoms with Crippen LogP contribution in [-0.4, -0.2) is 20.6 Å². The SMILES string of the molecule is CSC1(Cn2c(C(C)Cl)nc3c(C)cccc32)CC1. The molecule has 0 spiro atoms. The molecule has 2 aromatic rings. The van der Waals surface area contributed by atoms with Crippen molar-refractivity contribution in [3.05, 3.63) is 29.6 Å². The summed E-state index contributed by atoms with van der Waals surface area (Å²) in [5.74, 6) is 1.01. The van der Waals surface area contributed by atoms with Crippen molar-refractivity contribution in [2.24, 2.45) is 0 Å². The van der Waals surface area contributed by atoms with Crippen LogP contribution in [0.1, 0.15) is 36.5 Å². The molecule has 1 aromatic carbocycles. The lowest BCUT2D eigenvalue weighted by molar-refractivity contribution is 0.639. The van der Waals surface area contributed by atoms with Crippen LogP contribution in [0.25, 0.3) is 11.0 Å². The average Bonchev–Trinajstić information content (AvgIpc) is 3.06. The number of imidazole rings is 1. The summed E-state index contributed by atoms with van der Waals surface area (Å²) < 4.78 is 2.75. The van der Waals surface area contributed by atoms with E-state index in [-0.39, 0.29) is 5.38 Å². The Balaban J connectivity index is 2.14. The quantitative estimate of drug-likeness (QED) is 0.771. The lowest BCUT2D eigenvalue weighted by atomic mass is 10.2. The number of para-hydroxylation sites is 1. The molecule has 2 nitrogen and oxygen atoms in total. The van der Waals surface area contributed by atoms with Crippen molar-refractivity contribution in [1.29, 1.82) is 0 Å². The van der Waals surface area contributed by atoms with Gasteiger partial charge in [-0.3, -0.25) is 0 Å². The van der Waals surface area contributed by atoms with Gasteiger partial charge in [-0.05, 0) is 44.6 Å². The number of hydrogen-bond donors (Lipinski definition) is 0. The molecule has 1 heterocycles. The summed E-state index contributed by atoms with van der Waals surface area (Å²) in [4.78, 5) is 4.78. The van der Waals surface area contributed by atoms with Crippen molar-refractivity contribution in [1.82, 2.24) is 9.55 Å². The minimum absolute atomic E-state index is 0.0514. The van der Waals surface area contributed by atoms with E-state index in [0.29, 0.717) is 4.75 Å². The number of rotatable bonds is 4. The summed E-state index contributed by atoms with van der Waals surface area (Å²) in [7, 11) is 0. The molecule has 0 bridgehead atoms. The largest absolute Gasteiger partial charge is 0.325 e. The van der Waals surface area contributed by atoms with Crippen LogP contribution in [0.2, 0.25) is 0 Å². The zero-order chi connectivity index (χ0) is 13.6. The Morgan fingerprint density at radius 2 is 2.21 bits per heavy atom. The van der Waals surface area contributed by atoms with E-state index < -0.39 is 0 Å². The van der Waals surface area contributed by atoms with Gasteiger partial charge in [-0.2, -0.15) is 11.8 Å². The fraction of sp³-hybridized carbons (Fsp3) is 0.533. The van der Waals surface area contributed by atoms with Crippen molar-refractivity contribution >= 4 is 34.4 Å². The normalized spacial score (nSPS) is 18.7. The highest BCUT2D eigenvalue weighted by molar-refractivity contribution is 8.00. The molecule has 0 radical (unpaired) electrons. The van der Waals surface area contributed by atoms with Crippen molar-refractivity contribution in [3.63, 3.8) is 0 Å². The molecule has 1 saturated carbocycles. The Bertz CT molecular complexity index is 614. The highest BCUT2D eigenvalue weighted by atomic mass is 35.5. The number of halogens is 1. The molecule has 4 heteroatoms. The van der Waals surface area contributed by atoms with Crippen molar-refractivity contribution in [2.45, 2.75) is 43.4 Å². The maximum absolute atomic E-state index is 6.33. The fourth-order valence-corrected chi connectivity index (χ4v) is 3.56. The highest BCUT2D eigenvalue weighted by Gasteiger charge is 2.43. The summed E-state index contributed by atoms with van der Waals surface area (Å²) >= 11 is 8.31. The molecule has 3 rings (SSSR count). The monoisotopic (exact) mass is 294 g/mol. The molecule has 1 aliphatic rings. The molecule has 1 aromatic heterocycles. The van der Waals surface area contributed by atoms with Gasteiger partial charge >= 0.3 is 0 Å². The van der Waals surface area contributed by atoms with Gasteiger partial charge in [0.1, 0.15) is 5.82 Å². The van der Waals surface area contributed by atoms with Crippen LogP contribution < -0.4 is 0 Å². The van der Waals surface area contributed by atoms with Crippen LogP contribution in [0.3, 0.4) is 0 Å². The Hall–Kier alpha value is -0.670. The van der Waals surface area contributed by atoms with Gasteiger partial charge in [0, 0.05) is 11.3 Å². The summed E-state index contributed by atoms with van der Waals surface area (Å²) in [6, 6.07) is 6.38. The highest BCUT2D eigenvalue weighted by Crippen LogP contribution is 2.49. The van der Waals surface area contributed by atoms with Gasteiger partial charge < -0.3 is 4.57 Å². The molecular weight excluding hydrogens is 276 g/mol. The topological polar surface area (TPSA) is 17.8 Å². The third-order valence-corrected chi connectivity index (χ3v) is 5.65. The van der Waals surface area contributed by atoms with Crippen LogP contribution in [0.15, 0.2) is 18.2 Å². The molecule has 0 aliphatic heterocycles. The van der Waals surface area contributed by atoms with E-state index in [9.17, 15) is 0 Å².